The van der Waals surface area contributed by atoms with Crippen molar-refractivity contribution in [2.24, 2.45) is 0 Å². The molecular formula is C9F17KO5S. The molecule has 0 aromatic carbocycles. The van der Waals surface area contributed by atoms with E-state index in [1.54, 1.807) is 0 Å². The van der Waals surface area contributed by atoms with Crippen molar-refractivity contribution in [1.82, 2.24) is 0 Å². The fourth-order valence-electron chi connectivity index (χ4n) is 0.881. The summed E-state index contributed by atoms with van der Waals surface area (Å²) in [4.78, 5) is 0. The molecule has 5 nitrogen and oxygen atoms in total. The van der Waals surface area contributed by atoms with Gasteiger partial charge < -0.3 is 9.29 Å². The van der Waals surface area contributed by atoms with E-state index in [1.807, 2.05) is 4.74 Å². The van der Waals surface area contributed by atoms with Crippen LogP contribution < -0.4 is 51.4 Å². The van der Waals surface area contributed by atoms with E-state index < -0.39 is 63.9 Å². The third-order valence-electron chi connectivity index (χ3n) is 2.17. The van der Waals surface area contributed by atoms with E-state index in [2.05, 4.69) is 0 Å². The normalized spacial score (nSPS) is 14.7. The van der Waals surface area contributed by atoms with E-state index in [0.717, 1.165) is 0 Å². The van der Waals surface area contributed by atoms with Crippen LogP contribution in [0.3, 0.4) is 0 Å². The molecule has 0 aliphatic rings. The topological polar surface area (TPSA) is 75.7 Å². The zero-order chi connectivity index (χ0) is 26.7. The maximum absolute atomic E-state index is 13.3. The predicted molar refractivity (Wildman–Crippen MR) is 58.4 cm³/mol. The second-order valence-corrected chi connectivity index (χ2v) is 5.78. The van der Waals surface area contributed by atoms with Crippen LogP contribution in [0.1, 0.15) is 0 Å². The molecule has 0 spiro atoms. The first-order valence-corrected chi connectivity index (χ1v) is 7.39. The van der Waals surface area contributed by atoms with E-state index in [9.17, 15) is 87.6 Å². The fourth-order valence-corrected chi connectivity index (χ4v) is 1.21. The van der Waals surface area contributed by atoms with Crippen molar-refractivity contribution >= 4 is 10.1 Å². The average Bonchev–Trinajstić information content (AvgIpc) is 2.51. The van der Waals surface area contributed by atoms with E-state index >= 15 is 0 Å². The zero-order valence-corrected chi connectivity index (χ0v) is 18.3. The van der Waals surface area contributed by atoms with Gasteiger partial charge >= 0.3 is 105 Å². The van der Waals surface area contributed by atoms with Crippen molar-refractivity contribution in [2.45, 2.75) is 29.5 Å². The summed E-state index contributed by atoms with van der Waals surface area (Å²) in [6.45, 7) is 0. The van der Waals surface area contributed by atoms with Crippen molar-refractivity contribution in [1.29, 1.82) is 0 Å². The molecule has 0 bridgehead atoms. The van der Waals surface area contributed by atoms with Gasteiger partial charge in [0.2, 0.25) is 0 Å². The van der Waals surface area contributed by atoms with Crippen LogP contribution >= 0.6 is 0 Å². The van der Waals surface area contributed by atoms with Gasteiger partial charge in [0.05, 0.1) is 0 Å². The summed E-state index contributed by atoms with van der Waals surface area (Å²) in [6, 6.07) is -3.96. The minimum atomic E-state index is -7.64. The van der Waals surface area contributed by atoms with Crippen LogP contribution in [0, 0.1) is 0 Å². The van der Waals surface area contributed by atoms with E-state index in [4.69, 9.17) is 0 Å². The summed E-state index contributed by atoms with van der Waals surface area (Å²) < 4.78 is 236. The molecule has 0 aliphatic heterocycles. The number of ether oxygens (including phenoxy) is 2. The minimum absolute atomic E-state index is 0. The second-order valence-electron chi connectivity index (χ2n) is 4.36. The third-order valence-corrected chi connectivity index (χ3v) is 3.04. The Morgan fingerprint density at radius 2 is 0.970 bits per heavy atom. The first-order chi connectivity index (χ1) is 13.7. The number of hydrogen-bond acceptors (Lipinski definition) is 5. The molecule has 0 heterocycles. The van der Waals surface area contributed by atoms with Gasteiger partial charge in [0.15, 0.2) is 10.1 Å². The molecule has 192 valence electrons. The van der Waals surface area contributed by atoms with Gasteiger partial charge in [-0.05, 0) is 0 Å². The monoisotopic (exact) mass is 582 g/mol. The summed E-state index contributed by atoms with van der Waals surface area (Å²) in [7, 11) is -7.64. The third kappa shape index (κ3) is 9.29. The van der Waals surface area contributed by atoms with Crippen molar-refractivity contribution in [3.63, 3.8) is 0 Å². The van der Waals surface area contributed by atoms with Gasteiger partial charge in [0.25, 0.3) is 0 Å². The molecule has 0 rings (SSSR count). The molecule has 0 amide bonds. The molecule has 0 fully saturated rings. The number of alkyl halides is 10. The van der Waals surface area contributed by atoms with E-state index in [0.29, 0.717) is 0 Å². The fraction of sp³-hybridized carbons (Fsp3) is 0.556. The Kier molecular flexibility index (Phi) is 13.5. The van der Waals surface area contributed by atoms with Gasteiger partial charge in [-0.3, -0.25) is 4.74 Å². The Hall–Kier alpha value is -0.404. The molecule has 0 saturated carbocycles. The Balaban J connectivity index is -0.00000113. The van der Waals surface area contributed by atoms with Crippen LogP contribution in [-0.4, -0.2) is 42.5 Å². The predicted octanol–water partition coefficient (Wildman–Crippen LogP) is 2.60. The van der Waals surface area contributed by atoms with Gasteiger partial charge in [-0.25, -0.2) is 8.42 Å². The molecule has 0 aromatic heterocycles. The van der Waals surface area contributed by atoms with Gasteiger partial charge in [-0.2, -0.15) is 74.6 Å². The first kappa shape index (κ1) is 37.2. The van der Waals surface area contributed by atoms with Gasteiger partial charge in [-0.15, -0.1) is 0 Å². The average molecular weight is 582 g/mol. The van der Waals surface area contributed by atoms with E-state index in [1.165, 1.54) is 4.74 Å². The van der Waals surface area contributed by atoms with Crippen molar-refractivity contribution < 1.29 is 148 Å². The molecule has 24 heteroatoms. The molecule has 0 saturated heterocycles. The maximum Gasteiger partial charge on any atom is 1.00 e. The molecule has 1 atom stereocenters. The SMILES string of the molecule is FC(F)=C(F)F.O=S(=O)([O-])C(F)(F)C(F)(F)OC(F)(C(F)(F)F)C(F)(F)OC(F)=C(F)F.[K+]. The summed E-state index contributed by atoms with van der Waals surface area (Å²) in [6.07, 6.45) is -32.0. The Bertz CT molecular complexity index is 814. The van der Waals surface area contributed by atoms with Gasteiger partial charge in [0, 0.05) is 0 Å². The van der Waals surface area contributed by atoms with Crippen LogP contribution in [0.4, 0.5) is 74.6 Å². The van der Waals surface area contributed by atoms with Crippen molar-refractivity contribution in [2.75, 3.05) is 0 Å². The summed E-state index contributed by atoms with van der Waals surface area (Å²) >= 11 is 0. The summed E-state index contributed by atoms with van der Waals surface area (Å²) in [5, 5.41) is -7.27. The summed E-state index contributed by atoms with van der Waals surface area (Å²) in [5.41, 5.74) is 0. The molecule has 0 aromatic rings. The molecule has 0 aliphatic carbocycles. The maximum atomic E-state index is 13.3. The zero-order valence-electron chi connectivity index (χ0n) is 14.4. The number of rotatable bonds is 7. The minimum Gasteiger partial charge on any atom is -0.743 e. The smallest absolute Gasteiger partial charge is 0.743 e. The Labute approximate surface area is 211 Å². The van der Waals surface area contributed by atoms with E-state index in [-0.39, 0.29) is 51.4 Å². The number of halogens is 17. The van der Waals surface area contributed by atoms with Crippen molar-refractivity contribution in [3.05, 3.63) is 24.3 Å². The summed E-state index contributed by atoms with van der Waals surface area (Å²) in [5.74, 6) is -7.54. The molecule has 0 radical (unpaired) electrons. The van der Waals surface area contributed by atoms with Crippen LogP contribution in [0.5, 0.6) is 0 Å². The van der Waals surface area contributed by atoms with Gasteiger partial charge in [-0.1, -0.05) is 0 Å². The number of hydrogen-bond donors (Lipinski definition) is 0. The largest absolute Gasteiger partial charge is 1.00 e. The quantitative estimate of drug-likeness (QED) is 0.200. The molecule has 1 unspecified atom stereocenters. The van der Waals surface area contributed by atoms with Crippen LogP contribution in [0.15, 0.2) is 24.3 Å². The van der Waals surface area contributed by atoms with Crippen molar-refractivity contribution in [3.8, 4) is 0 Å². The Morgan fingerprint density at radius 3 is 1.18 bits per heavy atom. The van der Waals surface area contributed by atoms with Crippen LogP contribution in [0.2, 0.25) is 0 Å². The molecule has 0 N–H and O–H groups in total. The molecule has 33 heavy (non-hydrogen) atoms. The standard InChI is InChI=1S/C7HF13O5S.C2F4.K/c8-1(9)2(10)24-5(15,16)3(11,4(12,13)14)25-6(17,18)7(19,20)26(21,22)23;3-1(4)2(5)6;/h(H,21,22,23);;/q;;+1/p-1. The Morgan fingerprint density at radius 1 is 0.636 bits per heavy atom. The first-order valence-electron chi connectivity index (χ1n) is 5.98. The van der Waals surface area contributed by atoms with Crippen LogP contribution in [0.25, 0.3) is 0 Å². The molecular weight excluding hydrogens is 582 g/mol. The van der Waals surface area contributed by atoms with Gasteiger partial charge in [0.1, 0.15) is 0 Å². The second kappa shape index (κ2) is 12.0. The van der Waals surface area contributed by atoms with Crippen LogP contribution in [-0.2, 0) is 19.6 Å².